The van der Waals surface area contributed by atoms with Crippen LogP contribution in [0.2, 0.25) is 0 Å². The van der Waals surface area contributed by atoms with Crippen LogP contribution in [0.25, 0.3) is 11.1 Å². The number of aromatic nitrogens is 1. The third-order valence-electron chi connectivity index (χ3n) is 3.75. The number of rotatable bonds is 6. The van der Waals surface area contributed by atoms with E-state index in [4.69, 9.17) is 0 Å². The minimum absolute atomic E-state index is 0.242. The van der Waals surface area contributed by atoms with Crippen molar-refractivity contribution >= 4 is 5.82 Å². The Morgan fingerprint density at radius 2 is 1.54 bits per heavy atom. The van der Waals surface area contributed by atoms with Crippen molar-refractivity contribution in [3.05, 3.63) is 78.5 Å². The van der Waals surface area contributed by atoms with E-state index in [-0.39, 0.29) is 5.75 Å². The van der Waals surface area contributed by atoms with Crippen LogP contribution >= 0.6 is 0 Å². The van der Waals surface area contributed by atoms with Crippen LogP contribution in [0.4, 0.5) is 19.0 Å². The second-order valence-corrected chi connectivity index (χ2v) is 5.67. The zero-order chi connectivity index (χ0) is 18.4. The Hall–Kier alpha value is -3.02. The lowest BCUT2D eigenvalue weighted by Crippen LogP contribution is -2.16. The molecule has 3 aromatic rings. The average molecular weight is 358 g/mol. The predicted octanol–water partition coefficient (Wildman–Crippen LogP) is 5.30. The molecule has 0 aliphatic carbocycles. The Bertz CT molecular complexity index is 816. The highest BCUT2D eigenvalue weighted by Gasteiger charge is 2.30. The van der Waals surface area contributed by atoms with Gasteiger partial charge in [-0.05, 0) is 41.8 Å². The lowest BCUT2D eigenvalue weighted by molar-refractivity contribution is -0.274. The molecule has 1 aromatic heterocycles. The van der Waals surface area contributed by atoms with Gasteiger partial charge in [0.15, 0.2) is 0 Å². The number of alkyl halides is 3. The van der Waals surface area contributed by atoms with Gasteiger partial charge in [0.25, 0.3) is 0 Å². The van der Waals surface area contributed by atoms with Gasteiger partial charge >= 0.3 is 6.36 Å². The van der Waals surface area contributed by atoms with E-state index in [1.165, 1.54) is 17.7 Å². The summed E-state index contributed by atoms with van der Waals surface area (Å²) in [4.78, 5) is 4.35. The second kappa shape index (κ2) is 7.91. The Morgan fingerprint density at radius 3 is 2.15 bits per heavy atom. The van der Waals surface area contributed by atoms with Gasteiger partial charge in [-0.1, -0.05) is 42.5 Å². The topological polar surface area (TPSA) is 34.1 Å². The van der Waals surface area contributed by atoms with Crippen molar-refractivity contribution < 1.29 is 17.9 Å². The molecule has 0 radical (unpaired) electrons. The van der Waals surface area contributed by atoms with Crippen molar-refractivity contribution in [2.24, 2.45) is 0 Å². The minimum atomic E-state index is -4.68. The summed E-state index contributed by atoms with van der Waals surface area (Å²) in [5.74, 6) is 0.509. The summed E-state index contributed by atoms with van der Waals surface area (Å²) < 4.78 is 40.4. The first-order valence-electron chi connectivity index (χ1n) is 8.10. The Kier molecular flexibility index (Phi) is 5.41. The van der Waals surface area contributed by atoms with Crippen LogP contribution in [0.15, 0.2) is 72.9 Å². The highest BCUT2D eigenvalue weighted by molar-refractivity contribution is 5.64. The molecule has 134 valence electrons. The van der Waals surface area contributed by atoms with Gasteiger partial charge in [-0.15, -0.1) is 13.2 Å². The van der Waals surface area contributed by atoms with Crippen LogP contribution in [0.3, 0.4) is 0 Å². The second-order valence-electron chi connectivity index (χ2n) is 5.67. The fraction of sp³-hybridized carbons (Fsp3) is 0.150. The molecule has 0 aliphatic heterocycles. The molecule has 2 aromatic carbocycles. The maximum absolute atomic E-state index is 12.2. The van der Waals surface area contributed by atoms with Gasteiger partial charge in [0.2, 0.25) is 0 Å². The van der Waals surface area contributed by atoms with Gasteiger partial charge < -0.3 is 10.1 Å². The Labute approximate surface area is 149 Å². The third-order valence-corrected chi connectivity index (χ3v) is 3.75. The average Bonchev–Trinajstić information content (AvgIpc) is 2.63. The smallest absolute Gasteiger partial charge is 0.406 e. The molecule has 0 spiro atoms. The van der Waals surface area contributed by atoms with Gasteiger partial charge in [0.05, 0.1) is 0 Å². The van der Waals surface area contributed by atoms with E-state index in [1.807, 2.05) is 30.3 Å². The van der Waals surface area contributed by atoms with Crippen LogP contribution in [0.1, 0.15) is 5.56 Å². The van der Waals surface area contributed by atoms with Gasteiger partial charge in [0, 0.05) is 18.3 Å². The number of nitrogens with zero attached hydrogens (tertiary/aromatic N) is 1. The fourth-order valence-electron chi connectivity index (χ4n) is 2.50. The molecular weight excluding hydrogens is 341 g/mol. The maximum atomic E-state index is 12.2. The van der Waals surface area contributed by atoms with E-state index in [9.17, 15) is 13.2 Å². The van der Waals surface area contributed by atoms with Gasteiger partial charge in [0.1, 0.15) is 11.6 Å². The molecule has 0 saturated carbocycles. The summed E-state index contributed by atoms with van der Waals surface area (Å²) in [7, 11) is 0. The molecular formula is C20H17F3N2O. The monoisotopic (exact) mass is 358 g/mol. The number of pyridine rings is 1. The van der Waals surface area contributed by atoms with E-state index in [0.29, 0.717) is 0 Å². The molecule has 1 heterocycles. The van der Waals surface area contributed by atoms with Crippen molar-refractivity contribution in [1.82, 2.24) is 4.98 Å². The molecule has 0 fully saturated rings. The van der Waals surface area contributed by atoms with Gasteiger partial charge in [-0.25, -0.2) is 4.98 Å². The molecule has 3 nitrogen and oxygen atoms in total. The summed E-state index contributed by atoms with van der Waals surface area (Å²) in [5, 5.41) is 3.25. The quantitative estimate of drug-likeness (QED) is 0.649. The number of nitrogens with one attached hydrogen (secondary N) is 1. The number of hydrogen-bond acceptors (Lipinski definition) is 3. The molecule has 0 amide bonds. The van der Waals surface area contributed by atoms with Crippen LogP contribution in [0.5, 0.6) is 5.75 Å². The summed E-state index contributed by atoms with van der Waals surface area (Å²) in [6.45, 7) is 0.764. The number of benzene rings is 2. The summed E-state index contributed by atoms with van der Waals surface area (Å²) in [6, 6.07) is 19.6. The van der Waals surface area contributed by atoms with Crippen molar-refractivity contribution in [2.45, 2.75) is 12.8 Å². The molecule has 6 heteroatoms. The molecule has 0 bridgehead atoms. The minimum Gasteiger partial charge on any atom is -0.406 e. The number of hydrogen-bond donors (Lipinski definition) is 1. The van der Waals surface area contributed by atoms with Crippen LogP contribution in [-0.4, -0.2) is 17.9 Å². The number of anilines is 1. The lowest BCUT2D eigenvalue weighted by Gasteiger charge is -2.10. The molecule has 3 rings (SSSR count). The largest absolute Gasteiger partial charge is 0.573 e. The fourth-order valence-corrected chi connectivity index (χ4v) is 2.50. The SMILES string of the molecule is FC(F)(F)Oc1ccc(-c2ccc(NCCc3ccccc3)nc2)cc1. The van der Waals surface area contributed by atoms with Gasteiger partial charge in [-0.3, -0.25) is 0 Å². The molecule has 0 unspecified atom stereocenters. The van der Waals surface area contributed by atoms with E-state index in [0.717, 1.165) is 29.9 Å². The Morgan fingerprint density at radius 1 is 0.846 bits per heavy atom. The molecule has 0 atom stereocenters. The van der Waals surface area contributed by atoms with Crippen LogP contribution in [-0.2, 0) is 6.42 Å². The first-order valence-corrected chi connectivity index (χ1v) is 8.10. The van der Waals surface area contributed by atoms with Gasteiger partial charge in [-0.2, -0.15) is 0 Å². The molecule has 26 heavy (non-hydrogen) atoms. The van der Waals surface area contributed by atoms with E-state index in [2.05, 4.69) is 27.2 Å². The molecule has 0 saturated heterocycles. The molecule has 0 aliphatic rings. The summed E-state index contributed by atoms with van der Waals surface area (Å²) in [6.07, 6.45) is -2.11. The van der Waals surface area contributed by atoms with Crippen molar-refractivity contribution in [3.8, 4) is 16.9 Å². The van der Waals surface area contributed by atoms with E-state index in [1.54, 1.807) is 18.3 Å². The van der Waals surface area contributed by atoms with Crippen molar-refractivity contribution in [3.63, 3.8) is 0 Å². The predicted molar refractivity (Wildman–Crippen MR) is 95.0 cm³/mol. The highest BCUT2D eigenvalue weighted by atomic mass is 19.4. The summed E-state index contributed by atoms with van der Waals surface area (Å²) >= 11 is 0. The normalized spacial score (nSPS) is 11.2. The summed E-state index contributed by atoms with van der Waals surface area (Å²) in [5.41, 5.74) is 2.83. The Balaban J connectivity index is 1.57. The van der Waals surface area contributed by atoms with Crippen LogP contribution in [0, 0.1) is 0 Å². The van der Waals surface area contributed by atoms with E-state index >= 15 is 0 Å². The first-order chi connectivity index (χ1) is 12.5. The van der Waals surface area contributed by atoms with Crippen molar-refractivity contribution in [1.29, 1.82) is 0 Å². The zero-order valence-corrected chi connectivity index (χ0v) is 13.8. The number of ether oxygens (including phenoxy) is 1. The van der Waals surface area contributed by atoms with E-state index < -0.39 is 6.36 Å². The zero-order valence-electron chi connectivity index (χ0n) is 13.8. The maximum Gasteiger partial charge on any atom is 0.573 e. The molecule has 1 N–H and O–H groups in total. The van der Waals surface area contributed by atoms with Crippen molar-refractivity contribution in [2.75, 3.05) is 11.9 Å². The lowest BCUT2D eigenvalue weighted by atomic mass is 10.1. The number of halogens is 3. The third kappa shape index (κ3) is 5.24. The van der Waals surface area contributed by atoms with Crippen LogP contribution < -0.4 is 10.1 Å². The standard InChI is InChI=1S/C20H17F3N2O/c21-20(22,23)26-18-9-6-16(7-10-18)17-8-11-19(25-14-17)24-13-12-15-4-2-1-3-5-15/h1-11,14H,12-13H2,(H,24,25). The first kappa shape index (κ1) is 17.8. The highest BCUT2D eigenvalue weighted by Crippen LogP contribution is 2.26.